The van der Waals surface area contributed by atoms with Crippen molar-refractivity contribution in [1.82, 2.24) is 14.8 Å². The molecule has 3 aliphatic rings. The van der Waals surface area contributed by atoms with Crippen molar-refractivity contribution in [3.05, 3.63) is 75.7 Å². The van der Waals surface area contributed by atoms with Gasteiger partial charge in [0.25, 0.3) is 0 Å². The number of nitrogens with one attached hydrogen (secondary N) is 1. The first-order valence-electron chi connectivity index (χ1n) is 11.8. The molecule has 1 aromatic carbocycles. The summed E-state index contributed by atoms with van der Waals surface area (Å²) in [4.78, 5) is 17.2. The third-order valence-electron chi connectivity index (χ3n) is 7.31. The number of carbonyl (C=O) groups is 1. The van der Waals surface area contributed by atoms with Gasteiger partial charge in [-0.1, -0.05) is 25.0 Å². The van der Waals surface area contributed by atoms with Gasteiger partial charge in [-0.25, -0.2) is 9.18 Å². The van der Waals surface area contributed by atoms with Crippen LogP contribution < -0.4 is 5.32 Å². The van der Waals surface area contributed by atoms with Gasteiger partial charge in [-0.05, 0) is 73.9 Å². The van der Waals surface area contributed by atoms with Crippen LogP contribution in [0.2, 0.25) is 0 Å². The molecule has 3 aromatic rings. The Labute approximate surface area is 192 Å². The van der Waals surface area contributed by atoms with E-state index in [0.717, 1.165) is 36.9 Å². The average Bonchev–Trinajstić information content (AvgIpc) is 3.54. The van der Waals surface area contributed by atoms with Crippen LogP contribution in [0.4, 0.5) is 9.18 Å². The van der Waals surface area contributed by atoms with Gasteiger partial charge < -0.3 is 14.8 Å². The van der Waals surface area contributed by atoms with E-state index in [0.29, 0.717) is 6.54 Å². The van der Waals surface area contributed by atoms with Crippen molar-refractivity contribution in [3.8, 4) is 5.00 Å². The molecule has 1 fully saturated rings. The third kappa shape index (κ3) is 3.36. The van der Waals surface area contributed by atoms with Crippen LogP contribution in [-0.4, -0.2) is 21.5 Å². The van der Waals surface area contributed by atoms with Gasteiger partial charge in [0.1, 0.15) is 10.8 Å². The molecule has 2 amide bonds. The number of amides is 2. The zero-order chi connectivity index (χ0) is 21.7. The lowest BCUT2D eigenvalue weighted by Crippen LogP contribution is -2.45. The summed E-state index contributed by atoms with van der Waals surface area (Å²) < 4.78 is 16.0. The molecule has 166 valence electrons. The average molecular weight is 450 g/mol. The summed E-state index contributed by atoms with van der Waals surface area (Å²) in [6.07, 6.45) is 11.3. The van der Waals surface area contributed by atoms with Crippen LogP contribution >= 0.6 is 11.3 Å². The number of carbonyl (C=O) groups excluding carboxylic acids is 1. The highest BCUT2D eigenvalue weighted by atomic mass is 32.1. The summed E-state index contributed by atoms with van der Waals surface area (Å²) in [6, 6.07) is 10.8. The minimum Gasteiger partial charge on any atom is -0.335 e. The van der Waals surface area contributed by atoms with Gasteiger partial charge in [-0.3, -0.25) is 0 Å². The van der Waals surface area contributed by atoms with E-state index in [1.807, 2.05) is 28.4 Å². The molecule has 0 spiro atoms. The normalized spacial score (nSPS) is 20.4. The monoisotopic (exact) mass is 449 g/mol. The van der Waals surface area contributed by atoms with Gasteiger partial charge in [-0.15, -0.1) is 11.3 Å². The standard InChI is InChI=1S/C26H28FN3OS/c27-18-13-11-17(12-14-18)24-22-9-5-15-29(22)25-21(20-8-3-4-10-23(20)32-25)16-30(24)26(31)28-19-6-1-2-7-19/h5,9,11-15,19,24H,1-4,6-8,10,16H2,(H,28,31)/t24-/m1/s1. The maximum atomic E-state index is 13.8. The van der Waals surface area contributed by atoms with Gasteiger partial charge in [0.2, 0.25) is 0 Å². The molecule has 2 aliphatic carbocycles. The quantitative estimate of drug-likeness (QED) is 0.503. The Balaban J connectivity index is 1.49. The predicted molar refractivity (Wildman–Crippen MR) is 125 cm³/mol. The fraction of sp³-hybridized carbons (Fsp3) is 0.423. The molecule has 1 N–H and O–H groups in total. The van der Waals surface area contributed by atoms with Crippen LogP contribution in [0.3, 0.4) is 0 Å². The van der Waals surface area contributed by atoms with Gasteiger partial charge in [0, 0.05) is 22.7 Å². The Morgan fingerprint density at radius 3 is 2.59 bits per heavy atom. The van der Waals surface area contributed by atoms with Gasteiger partial charge in [-0.2, -0.15) is 0 Å². The summed E-state index contributed by atoms with van der Waals surface area (Å²) >= 11 is 1.89. The van der Waals surface area contributed by atoms with Crippen LogP contribution in [0.25, 0.3) is 5.00 Å². The van der Waals surface area contributed by atoms with E-state index in [1.54, 1.807) is 0 Å². The first-order chi connectivity index (χ1) is 15.7. The lowest BCUT2D eigenvalue weighted by molar-refractivity contribution is 0.176. The van der Waals surface area contributed by atoms with Crippen molar-refractivity contribution in [3.63, 3.8) is 0 Å². The maximum Gasteiger partial charge on any atom is 0.318 e. The molecule has 32 heavy (non-hydrogen) atoms. The minimum absolute atomic E-state index is 0.0115. The SMILES string of the molecule is O=C(NC1CCCC1)N1Cc2c(sc3c2CCCC3)-n2cccc2[C@H]1c1ccc(F)cc1. The Hall–Kier alpha value is -2.60. The maximum absolute atomic E-state index is 13.8. The number of benzene rings is 1. The van der Waals surface area contributed by atoms with E-state index in [4.69, 9.17) is 0 Å². The molecule has 1 aliphatic heterocycles. The number of halogens is 1. The van der Waals surface area contributed by atoms with Crippen molar-refractivity contribution in [2.75, 3.05) is 0 Å². The van der Waals surface area contributed by atoms with Crippen LogP contribution in [-0.2, 0) is 19.4 Å². The van der Waals surface area contributed by atoms with E-state index in [2.05, 4.69) is 28.2 Å². The van der Waals surface area contributed by atoms with Crippen LogP contribution in [0.1, 0.15) is 71.8 Å². The molecular weight excluding hydrogens is 421 g/mol. The zero-order valence-electron chi connectivity index (χ0n) is 18.1. The van der Waals surface area contributed by atoms with Crippen molar-refractivity contribution >= 4 is 17.4 Å². The Bertz CT molecular complexity index is 1140. The van der Waals surface area contributed by atoms with Crippen molar-refractivity contribution < 1.29 is 9.18 Å². The van der Waals surface area contributed by atoms with Crippen LogP contribution in [0, 0.1) is 5.82 Å². The molecular formula is C26H28FN3OS. The number of urea groups is 1. The largest absolute Gasteiger partial charge is 0.335 e. The Morgan fingerprint density at radius 2 is 1.78 bits per heavy atom. The van der Waals surface area contributed by atoms with E-state index in [-0.39, 0.29) is 23.9 Å². The van der Waals surface area contributed by atoms with E-state index < -0.39 is 0 Å². The fourth-order valence-electron chi connectivity index (χ4n) is 5.71. The third-order valence-corrected chi connectivity index (χ3v) is 8.64. The zero-order valence-corrected chi connectivity index (χ0v) is 19.0. The molecule has 0 saturated heterocycles. The highest BCUT2D eigenvalue weighted by Gasteiger charge is 2.36. The van der Waals surface area contributed by atoms with Crippen molar-refractivity contribution in [1.29, 1.82) is 0 Å². The molecule has 2 aromatic heterocycles. The first kappa shape index (κ1) is 20.0. The highest BCUT2D eigenvalue weighted by Crippen LogP contribution is 2.44. The van der Waals surface area contributed by atoms with Gasteiger partial charge >= 0.3 is 6.03 Å². The number of hydrogen-bond acceptors (Lipinski definition) is 2. The van der Waals surface area contributed by atoms with Crippen LogP contribution in [0.5, 0.6) is 0 Å². The summed E-state index contributed by atoms with van der Waals surface area (Å²) in [5.74, 6) is -0.257. The number of aromatic nitrogens is 1. The molecule has 1 atom stereocenters. The molecule has 6 rings (SSSR count). The number of thiophene rings is 1. The topological polar surface area (TPSA) is 37.3 Å². The van der Waals surface area contributed by atoms with Crippen molar-refractivity contribution in [2.24, 2.45) is 0 Å². The second kappa shape index (κ2) is 8.07. The minimum atomic E-state index is -0.258. The lowest BCUT2D eigenvalue weighted by atomic mass is 9.95. The van der Waals surface area contributed by atoms with Crippen LogP contribution in [0.15, 0.2) is 42.6 Å². The smallest absolute Gasteiger partial charge is 0.318 e. The number of hydrogen-bond donors (Lipinski definition) is 1. The summed E-state index contributed by atoms with van der Waals surface area (Å²) in [5, 5.41) is 4.57. The second-order valence-electron chi connectivity index (χ2n) is 9.31. The molecule has 0 bridgehead atoms. The first-order valence-corrected chi connectivity index (χ1v) is 12.6. The van der Waals surface area contributed by atoms with E-state index in [1.165, 1.54) is 58.8 Å². The number of rotatable bonds is 2. The Kier molecular flexibility index (Phi) is 5.05. The molecule has 1 saturated carbocycles. The molecule has 4 nitrogen and oxygen atoms in total. The molecule has 6 heteroatoms. The summed E-state index contributed by atoms with van der Waals surface area (Å²) in [5.41, 5.74) is 4.76. The molecule has 0 unspecified atom stereocenters. The van der Waals surface area contributed by atoms with Gasteiger partial charge in [0.05, 0.1) is 18.3 Å². The van der Waals surface area contributed by atoms with Crippen molar-refractivity contribution in [2.45, 2.75) is 70.0 Å². The number of nitrogens with zero attached hydrogens (tertiary/aromatic N) is 2. The number of aryl methyl sites for hydroxylation is 1. The lowest BCUT2D eigenvalue weighted by Gasteiger charge is -2.32. The molecule has 3 heterocycles. The second-order valence-corrected chi connectivity index (χ2v) is 10.4. The van der Waals surface area contributed by atoms with Gasteiger partial charge in [0.15, 0.2) is 0 Å². The predicted octanol–water partition coefficient (Wildman–Crippen LogP) is 6.11. The Morgan fingerprint density at radius 1 is 1.00 bits per heavy atom. The van der Waals surface area contributed by atoms with E-state index in [9.17, 15) is 9.18 Å². The van der Waals surface area contributed by atoms with E-state index >= 15 is 0 Å². The highest BCUT2D eigenvalue weighted by molar-refractivity contribution is 7.15. The number of fused-ring (bicyclic) bond motifs is 5. The fourth-order valence-corrected chi connectivity index (χ4v) is 7.11. The summed E-state index contributed by atoms with van der Waals surface area (Å²) in [6.45, 7) is 0.587. The summed E-state index contributed by atoms with van der Waals surface area (Å²) in [7, 11) is 0. The molecule has 0 radical (unpaired) electrons.